The zero-order chi connectivity index (χ0) is 24.3. The molecule has 1 aromatic carbocycles. The van der Waals surface area contributed by atoms with Gasteiger partial charge in [0.1, 0.15) is 22.8 Å². The highest BCUT2D eigenvalue weighted by Gasteiger charge is 2.45. The van der Waals surface area contributed by atoms with E-state index in [1.807, 2.05) is 13.8 Å². The quantitative estimate of drug-likeness (QED) is 0.570. The summed E-state index contributed by atoms with van der Waals surface area (Å²) in [7, 11) is -3.10. The van der Waals surface area contributed by atoms with E-state index in [0.717, 1.165) is 19.3 Å². The van der Waals surface area contributed by atoms with Gasteiger partial charge in [-0.1, -0.05) is 0 Å². The summed E-state index contributed by atoms with van der Waals surface area (Å²) in [6.07, 6.45) is 4.70. The average Bonchev–Trinajstić information content (AvgIpc) is 3.09. The van der Waals surface area contributed by atoms with Crippen molar-refractivity contribution in [2.75, 3.05) is 11.5 Å². The number of aromatic nitrogens is 3. The van der Waals surface area contributed by atoms with Crippen molar-refractivity contribution in [3.05, 3.63) is 41.8 Å². The van der Waals surface area contributed by atoms with Gasteiger partial charge in [-0.15, -0.1) is 0 Å². The van der Waals surface area contributed by atoms with Gasteiger partial charge in [0, 0.05) is 17.8 Å². The molecular formula is C24H27FN4O4S. The summed E-state index contributed by atoms with van der Waals surface area (Å²) in [5.41, 5.74) is 1.23. The van der Waals surface area contributed by atoms with Crippen LogP contribution in [-0.4, -0.2) is 52.2 Å². The number of ether oxygens (including phenoxy) is 1. The number of carbonyl (C=O) groups is 1. The molecule has 1 N–H and O–H groups in total. The highest BCUT2D eigenvalue weighted by Crippen LogP contribution is 2.34. The highest BCUT2D eigenvalue weighted by molar-refractivity contribution is 7.93. The molecule has 1 saturated carbocycles. The van der Waals surface area contributed by atoms with E-state index in [4.69, 9.17) is 4.74 Å². The molecule has 180 valence electrons. The molecule has 10 heteroatoms. The van der Waals surface area contributed by atoms with Crippen LogP contribution in [0.15, 0.2) is 30.5 Å². The van der Waals surface area contributed by atoms with Crippen LogP contribution < -0.4 is 10.1 Å². The minimum atomic E-state index is -3.10. The number of nitrogens with one attached hydrogen (secondary N) is 1. The molecule has 0 spiro atoms. The molecule has 2 fully saturated rings. The summed E-state index contributed by atoms with van der Waals surface area (Å²) in [6, 6.07) is 6.25. The van der Waals surface area contributed by atoms with Gasteiger partial charge in [0.25, 0.3) is 5.91 Å². The summed E-state index contributed by atoms with van der Waals surface area (Å²) >= 11 is 0. The molecule has 0 bridgehead atoms. The predicted molar refractivity (Wildman–Crippen MR) is 126 cm³/mol. The third-order valence-electron chi connectivity index (χ3n) is 6.34. The van der Waals surface area contributed by atoms with E-state index in [-0.39, 0.29) is 34.8 Å². The molecule has 5 rings (SSSR count). The summed E-state index contributed by atoms with van der Waals surface area (Å²) < 4.78 is 45.7. The first-order valence-corrected chi connectivity index (χ1v) is 13.2. The minimum Gasteiger partial charge on any atom is -0.490 e. The van der Waals surface area contributed by atoms with Crippen molar-refractivity contribution in [3.8, 4) is 17.0 Å². The number of nitrogens with zero attached hydrogens (tertiary/aromatic N) is 3. The van der Waals surface area contributed by atoms with E-state index in [0.29, 0.717) is 22.5 Å². The standard InChI is InChI=1S/C24H27FN4O4S/c1-14(2)29-20-9-15(23(30)27-24(3)12-34(31,32)13-24)11-26-22(20)21(28-29)18-10-17(7-8-19(18)25)33-16-5-4-6-16/h7-11,14,16H,4-6,12-13H2,1-3H3,(H,27,30). The molecule has 2 aliphatic rings. The first-order valence-electron chi connectivity index (χ1n) is 11.4. The second-order valence-electron chi connectivity index (χ2n) is 9.84. The zero-order valence-corrected chi connectivity index (χ0v) is 20.2. The molecule has 3 heterocycles. The SMILES string of the molecule is CC(C)n1nc(-c2cc(OC3CCC3)ccc2F)c2ncc(C(=O)NC3(C)CS(=O)(=O)C3)cc21. The van der Waals surface area contributed by atoms with Gasteiger partial charge in [0.15, 0.2) is 9.84 Å². The third kappa shape index (κ3) is 4.15. The Bertz CT molecular complexity index is 1380. The monoisotopic (exact) mass is 486 g/mol. The molecular weight excluding hydrogens is 459 g/mol. The second kappa shape index (κ2) is 8.04. The third-order valence-corrected chi connectivity index (χ3v) is 8.49. The van der Waals surface area contributed by atoms with Crippen molar-refractivity contribution in [3.63, 3.8) is 0 Å². The smallest absolute Gasteiger partial charge is 0.253 e. The average molecular weight is 487 g/mol. The number of hydrogen-bond donors (Lipinski definition) is 1. The normalized spacial score (nSPS) is 19.0. The number of halogens is 1. The lowest BCUT2D eigenvalue weighted by Crippen LogP contribution is -2.63. The van der Waals surface area contributed by atoms with Crippen molar-refractivity contribution >= 4 is 26.8 Å². The topological polar surface area (TPSA) is 103 Å². The fraction of sp³-hybridized carbons (Fsp3) is 0.458. The molecule has 1 saturated heterocycles. The van der Waals surface area contributed by atoms with Crippen LogP contribution in [0.25, 0.3) is 22.3 Å². The van der Waals surface area contributed by atoms with Crippen LogP contribution in [0, 0.1) is 5.82 Å². The van der Waals surface area contributed by atoms with Crippen molar-refractivity contribution in [2.45, 2.75) is 57.7 Å². The van der Waals surface area contributed by atoms with Crippen LogP contribution in [0.3, 0.4) is 0 Å². The number of fused-ring (bicyclic) bond motifs is 1. The number of pyridine rings is 1. The van der Waals surface area contributed by atoms with Crippen molar-refractivity contribution in [1.82, 2.24) is 20.1 Å². The second-order valence-corrected chi connectivity index (χ2v) is 11.9. The summed E-state index contributed by atoms with van der Waals surface area (Å²) in [4.78, 5) is 17.3. The molecule has 0 radical (unpaired) electrons. The van der Waals surface area contributed by atoms with Crippen molar-refractivity contribution < 1.29 is 22.3 Å². The van der Waals surface area contributed by atoms with E-state index >= 15 is 0 Å². The van der Waals surface area contributed by atoms with Crippen LogP contribution in [0.5, 0.6) is 5.75 Å². The molecule has 1 amide bonds. The molecule has 2 aromatic heterocycles. The van der Waals surface area contributed by atoms with Crippen LogP contribution in [0.2, 0.25) is 0 Å². The van der Waals surface area contributed by atoms with Crippen molar-refractivity contribution in [2.24, 2.45) is 0 Å². The number of benzene rings is 1. The lowest BCUT2D eigenvalue weighted by atomic mass is 9.96. The fourth-order valence-corrected chi connectivity index (χ4v) is 6.51. The summed E-state index contributed by atoms with van der Waals surface area (Å²) in [5, 5.41) is 7.44. The Kier molecular flexibility index (Phi) is 5.38. The van der Waals surface area contributed by atoms with Gasteiger partial charge >= 0.3 is 0 Å². The minimum absolute atomic E-state index is 0.0666. The number of carbonyl (C=O) groups excluding carboxylic acids is 1. The maximum Gasteiger partial charge on any atom is 0.253 e. The Morgan fingerprint density at radius 3 is 2.62 bits per heavy atom. The van der Waals surface area contributed by atoms with Crippen molar-refractivity contribution in [1.29, 1.82) is 0 Å². The molecule has 0 unspecified atom stereocenters. The first-order chi connectivity index (χ1) is 16.0. The predicted octanol–water partition coefficient (Wildman–Crippen LogP) is 3.67. The molecule has 0 atom stereocenters. The van der Waals surface area contributed by atoms with E-state index in [1.165, 1.54) is 12.3 Å². The largest absolute Gasteiger partial charge is 0.490 e. The Balaban J connectivity index is 1.51. The maximum absolute atomic E-state index is 14.9. The van der Waals surface area contributed by atoms with Gasteiger partial charge < -0.3 is 10.1 Å². The Morgan fingerprint density at radius 1 is 1.26 bits per heavy atom. The van der Waals surface area contributed by atoms with Crippen LogP contribution in [0.1, 0.15) is 56.4 Å². The Morgan fingerprint density at radius 2 is 2.00 bits per heavy atom. The maximum atomic E-state index is 14.9. The van der Waals surface area contributed by atoms with Gasteiger partial charge in [-0.2, -0.15) is 5.10 Å². The fourth-order valence-electron chi connectivity index (χ4n) is 4.51. The molecule has 1 aliphatic heterocycles. The van der Waals surface area contributed by atoms with Gasteiger partial charge in [-0.25, -0.2) is 12.8 Å². The Hall–Kier alpha value is -3.01. The zero-order valence-electron chi connectivity index (χ0n) is 19.3. The van der Waals surface area contributed by atoms with E-state index in [9.17, 15) is 17.6 Å². The summed E-state index contributed by atoms with van der Waals surface area (Å²) in [6.45, 7) is 5.58. The van der Waals surface area contributed by atoms with Crippen LogP contribution in [0.4, 0.5) is 4.39 Å². The van der Waals surface area contributed by atoms with Gasteiger partial charge in [-0.3, -0.25) is 14.5 Å². The number of hydrogen-bond acceptors (Lipinski definition) is 6. The van der Waals surface area contributed by atoms with E-state index in [2.05, 4.69) is 15.4 Å². The molecule has 3 aromatic rings. The molecule has 1 aliphatic carbocycles. The number of rotatable bonds is 6. The van der Waals surface area contributed by atoms with Gasteiger partial charge in [0.2, 0.25) is 0 Å². The van der Waals surface area contributed by atoms with E-state index < -0.39 is 27.1 Å². The van der Waals surface area contributed by atoms with Gasteiger partial charge in [-0.05, 0) is 64.3 Å². The summed E-state index contributed by atoms with van der Waals surface area (Å²) in [5.74, 6) is -0.429. The Labute approximate surface area is 197 Å². The van der Waals surface area contributed by atoms with Crippen LogP contribution in [-0.2, 0) is 9.84 Å². The molecule has 8 nitrogen and oxygen atoms in total. The number of amides is 1. The van der Waals surface area contributed by atoms with Gasteiger partial charge in [0.05, 0.1) is 34.2 Å². The van der Waals surface area contributed by atoms with E-state index in [1.54, 1.807) is 29.8 Å². The molecule has 34 heavy (non-hydrogen) atoms. The lowest BCUT2D eigenvalue weighted by molar-refractivity contribution is 0.0916. The lowest BCUT2D eigenvalue weighted by Gasteiger charge is -2.38. The highest BCUT2D eigenvalue weighted by atomic mass is 32.2. The number of sulfone groups is 1. The first kappa shape index (κ1) is 22.8. The van der Waals surface area contributed by atoms with Crippen LogP contribution >= 0.6 is 0 Å².